The highest BCUT2D eigenvalue weighted by molar-refractivity contribution is 8.00. The molecule has 2 fully saturated rings. The lowest BCUT2D eigenvalue weighted by molar-refractivity contribution is -0.125. The van der Waals surface area contributed by atoms with Crippen molar-refractivity contribution in [2.24, 2.45) is 5.92 Å². The van der Waals surface area contributed by atoms with Crippen LogP contribution in [0.1, 0.15) is 75.1 Å². The molecule has 6 heteroatoms. The van der Waals surface area contributed by atoms with Gasteiger partial charge >= 0.3 is 0 Å². The van der Waals surface area contributed by atoms with E-state index < -0.39 is 11.9 Å². The first-order valence-corrected chi connectivity index (χ1v) is 12.1. The van der Waals surface area contributed by atoms with Gasteiger partial charge in [-0.15, -0.1) is 11.8 Å². The fourth-order valence-corrected chi connectivity index (χ4v) is 6.06. The van der Waals surface area contributed by atoms with Gasteiger partial charge in [0.2, 0.25) is 5.91 Å². The molecule has 1 N–H and O–H groups in total. The second-order valence-electron chi connectivity index (χ2n) is 8.21. The third-order valence-electron chi connectivity index (χ3n) is 6.03. The van der Waals surface area contributed by atoms with Crippen molar-refractivity contribution in [2.45, 2.75) is 76.1 Å². The molecule has 1 aromatic rings. The summed E-state index contributed by atoms with van der Waals surface area (Å²) in [6.45, 7) is 2.81. The molecule has 2 unspecified atom stereocenters. The van der Waals surface area contributed by atoms with E-state index in [0.29, 0.717) is 23.8 Å². The Kier molecular flexibility index (Phi) is 8.40. The Labute approximate surface area is 178 Å². The van der Waals surface area contributed by atoms with E-state index in [4.69, 9.17) is 0 Å². The Morgan fingerprint density at radius 3 is 2.69 bits per heavy atom. The summed E-state index contributed by atoms with van der Waals surface area (Å²) < 4.78 is 13.7. The van der Waals surface area contributed by atoms with Gasteiger partial charge in [0.1, 0.15) is 11.9 Å². The molecule has 29 heavy (non-hydrogen) atoms. The number of carbonyl (C=O) groups excluding carboxylic acids is 2. The number of halogens is 1. The molecule has 0 bridgehead atoms. The molecule has 1 aliphatic carbocycles. The average Bonchev–Trinajstić information content (AvgIpc) is 3.19. The van der Waals surface area contributed by atoms with Crippen molar-refractivity contribution < 1.29 is 14.0 Å². The van der Waals surface area contributed by atoms with E-state index in [9.17, 15) is 14.0 Å². The van der Waals surface area contributed by atoms with E-state index in [1.165, 1.54) is 37.8 Å². The Balaban J connectivity index is 1.73. The highest BCUT2D eigenvalue weighted by Gasteiger charge is 2.45. The first-order valence-electron chi connectivity index (χ1n) is 11.1. The number of unbranched alkanes of at least 4 members (excludes halogenated alkanes) is 3. The summed E-state index contributed by atoms with van der Waals surface area (Å²) >= 11 is 1.72. The van der Waals surface area contributed by atoms with Crippen molar-refractivity contribution in [3.63, 3.8) is 0 Å². The van der Waals surface area contributed by atoms with Gasteiger partial charge in [-0.3, -0.25) is 9.59 Å². The van der Waals surface area contributed by atoms with Gasteiger partial charge in [0.25, 0.3) is 5.91 Å². The maximum absolute atomic E-state index is 13.7. The molecule has 1 saturated heterocycles. The highest BCUT2D eigenvalue weighted by Crippen LogP contribution is 2.41. The Morgan fingerprint density at radius 2 is 1.97 bits per heavy atom. The van der Waals surface area contributed by atoms with Gasteiger partial charge in [0.15, 0.2) is 0 Å². The van der Waals surface area contributed by atoms with Crippen LogP contribution < -0.4 is 5.32 Å². The number of rotatable bonds is 8. The molecule has 1 heterocycles. The monoisotopic (exact) mass is 420 g/mol. The number of benzene rings is 1. The summed E-state index contributed by atoms with van der Waals surface area (Å²) in [5, 5.41) is 3.04. The molecule has 1 aliphatic heterocycles. The standard InChI is InChI=1S/C23H33FN2O2S/c1-2-3-4-8-14-25-21(27)20-16-29-23(17-10-6-5-7-11-17)26(20)22(28)18-12-9-13-19(24)15-18/h9,12-13,15,17,20,23H,2-8,10-11,14,16H2,1H3,(H,25,27). The van der Waals surface area contributed by atoms with Crippen molar-refractivity contribution in [3.05, 3.63) is 35.6 Å². The predicted molar refractivity (Wildman–Crippen MR) is 116 cm³/mol. The smallest absolute Gasteiger partial charge is 0.255 e. The summed E-state index contributed by atoms with van der Waals surface area (Å²) in [6, 6.07) is 5.35. The third-order valence-corrected chi connectivity index (χ3v) is 7.49. The molecule has 3 rings (SSSR count). The van der Waals surface area contributed by atoms with Crippen LogP contribution in [0.2, 0.25) is 0 Å². The summed E-state index contributed by atoms with van der Waals surface area (Å²) in [6.07, 6.45) is 10.2. The number of nitrogens with zero attached hydrogens (tertiary/aromatic N) is 1. The van der Waals surface area contributed by atoms with E-state index in [1.54, 1.807) is 28.8 Å². The van der Waals surface area contributed by atoms with Crippen molar-refractivity contribution in [3.8, 4) is 0 Å². The molecular formula is C23H33FN2O2S. The van der Waals surface area contributed by atoms with Gasteiger partial charge in [-0.1, -0.05) is 51.5 Å². The number of hydrogen-bond acceptors (Lipinski definition) is 3. The topological polar surface area (TPSA) is 49.4 Å². The van der Waals surface area contributed by atoms with Crippen LogP contribution in [0, 0.1) is 11.7 Å². The number of amides is 2. The van der Waals surface area contributed by atoms with Crippen LogP contribution in [-0.2, 0) is 4.79 Å². The van der Waals surface area contributed by atoms with Gasteiger partial charge in [-0.2, -0.15) is 0 Å². The number of thioether (sulfide) groups is 1. The highest BCUT2D eigenvalue weighted by atomic mass is 32.2. The normalized spacial score (nSPS) is 22.6. The molecule has 0 aromatic heterocycles. The van der Waals surface area contributed by atoms with Crippen LogP contribution >= 0.6 is 11.8 Å². The van der Waals surface area contributed by atoms with Gasteiger partial charge in [0, 0.05) is 17.9 Å². The molecule has 1 saturated carbocycles. The summed E-state index contributed by atoms with van der Waals surface area (Å²) in [5.41, 5.74) is 0.328. The molecular weight excluding hydrogens is 387 g/mol. The van der Waals surface area contributed by atoms with E-state index in [0.717, 1.165) is 32.1 Å². The number of hydrogen-bond donors (Lipinski definition) is 1. The lowest BCUT2D eigenvalue weighted by Gasteiger charge is -2.35. The van der Waals surface area contributed by atoms with Gasteiger partial charge < -0.3 is 10.2 Å². The SMILES string of the molecule is CCCCCCNC(=O)C1CSC(C2CCCCC2)N1C(=O)c1cccc(F)c1. The molecule has 2 aliphatic rings. The molecule has 0 spiro atoms. The van der Waals surface area contributed by atoms with Gasteiger partial charge in [0.05, 0.1) is 5.37 Å². The molecule has 0 radical (unpaired) electrons. The summed E-state index contributed by atoms with van der Waals surface area (Å²) in [4.78, 5) is 28.0. The maximum atomic E-state index is 13.7. The molecule has 4 nitrogen and oxygen atoms in total. The first kappa shape index (κ1) is 22.1. The Morgan fingerprint density at radius 1 is 1.17 bits per heavy atom. The van der Waals surface area contributed by atoms with E-state index >= 15 is 0 Å². The second kappa shape index (κ2) is 11.0. The van der Waals surface area contributed by atoms with E-state index in [-0.39, 0.29) is 17.2 Å². The fraction of sp³-hybridized carbons (Fsp3) is 0.652. The zero-order chi connectivity index (χ0) is 20.6. The Hall–Kier alpha value is -1.56. The van der Waals surface area contributed by atoms with E-state index in [1.807, 2.05) is 0 Å². The predicted octanol–water partition coefficient (Wildman–Crippen LogP) is 4.99. The molecule has 160 valence electrons. The quantitative estimate of drug-likeness (QED) is 0.603. The zero-order valence-corrected chi connectivity index (χ0v) is 18.2. The minimum Gasteiger partial charge on any atom is -0.354 e. The largest absolute Gasteiger partial charge is 0.354 e. The Bertz CT molecular complexity index is 693. The van der Waals surface area contributed by atoms with Crippen molar-refractivity contribution >= 4 is 23.6 Å². The lowest BCUT2D eigenvalue weighted by Crippen LogP contribution is -2.51. The van der Waals surface area contributed by atoms with Crippen molar-refractivity contribution in [1.82, 2.24) is 10.2 Å². The van der Waals surface area contributed by atoms with Crippen LogP contribution in [0.4, 0.5) is 4.39 Å². The van der Waals surface area contributed by atoms with Crippen molar-refractivity contribution in [1.29, 1.82) is 0 Å². The minimum absolute atomic E-state index is 0.00177. The average molecular weight is 421 g/mol. The fourth-order valence-electron chi connectivity index (χ4n) is 4.42. The third kappa shape index (κ3) is 5.74. The summed E-state index contributed by atoms with van der Waals surface area (Å²) in [7, 11) is 0. The molecule has 2 atom stereocenters. The number of carbonyl (C=O) groups is 2. The van der Waals surface area contributed by atoms with Gasteiger partial charge in [-0.05, 0) is 43.4 Å². The van der Waals surface area contributed by atoms with Crippen molar-refractivity contribution in [2.75, 3.05) is 12.3 Å². The van der Waals surface area contributed by atoms with E-state index in [2.05, 4.69) is 12.2 Å². The van der Waals surface area contributed by atoms with Crippen LogP contribution in [0.25, 0.3) is 0 Å². The number of nitrogens with one attached hydrogen (secondary N) is 1. The van der Waals surface area contributed by atoms with Crippen LogP contribution in [0.5, 0.6) is 0 Å². The van der Waals surface area contributed by atoms with Gasteiger partial charge in [-0.25, -0.2) is 4.39 Å². The first-order chi connectivity index (χ1) is 14.1. The maximum Gasteiger partial charge on any atom is 0.255 e. The molecule has 1 aromatic carbocycles. The van der Waals surface area contributed by atoms with Crippen LogP contribution in [-0.4, -0.2) is 40.4 Å². The second-order valence-corrected chi connectivity index (χ2v) is 9.36. The van der Waals surface area contributed by atoms with Crippen LogP contribution in [0.15, 0.2) is 24.3 Å². The van der Waals surface area contributed by atoms with Crippen LogP contribution in [0.3, 0.4) is 0 Å². The minimum atomic E-state index is -0.478. The molecule has 2 amide bonds. The zero-order valence-electron chi connectivity index (χ0n) is 17.4. The summed E-state index contributed by atoms with van der Waals surface area (Å²) in [5.74, 6) is 0.305. The lowest BCUT2D eigenvalue weighted by atomic mass is 9.88.